The Morgan fingerprint density at radius 2 is 0.510 bits per heavy atom. The number of rotatable bonds is 77. The largest absolute Gasteiger partial charge is 0.472 e. The molecular formula is C83H148O17P2. The number of hydrogen-bond donors (Lipinski definition) is 3. The number of phosphoric acid groups is 2. The second kappa shape index (κ2) is 75.5. The van der Waals surface area contributed by atoms with Gasteiger partial charge in [-0.1, -0.05) is 305 Å². The summed E-state index contributed by atoms with van der Waals surface area (Å²) in [6, 6.07) is 0. The molecule has 0 spiro atoms. The number of allylic oxidation sites excluding steroid dienone is 14. The maximum absolute atomic E-state index is 13.1. The van der Waals surface area contributed by atoms with Crippen molar-refractivity contribution in [2.24, 2.45) is 0 Å². The second-order valence-electron chi connectivity index (χ2n) is 27.3. The topological polar surface area (TPSA) is 237 Å². The van der Waals surface area contributed by atoms with Gasteiger partial charge in [-0.3, -0.25) is 37.3 Å². The summed E-state index contributed by atoms with van der Waals surface area (Å²) in [7, 11) is -9.95. The summed E-state index contributed by atoms with van der Waals surface area (Å²) in [6.45, 7) is 4.68. The van der Waals surface area contributed by atoms with Crippen LogP contribution in [0.3, 0.4) is 0 Å². The number of carbonyl (C=O) groups is 4. The number of phosphoric ester groups is 2. The van der Waals surface area contributed by atoms with Gasteiger partial charge in [-0.25, -0.2) is 9.13 Å². The highest BCUT2D eigenvalue weighted by Crippen LogP contribution is 2.45. The zero-order valence-corrected chi connectivity index (χ0v) is 66.6. The van der Waals surface area contributed by atoms with Crippen molar-refractivity contribution in [1.82, 2.24) is 0 Å². The summed E-state index contributed by atoms with van der Waals surface area (Å²) in [5, 5.41) is 10.6. The molecule has 0 amide bonds. The molecule has 5 atom stereocenters. The fourth-order valence-electron chi connectivity index (χ4n) is 11.2. The van der Waals surface area contributed by atoms with Crippen molar-refractivity contribution in [3.63, 3.8) is 0 Å². The van der Waals surface area contributed by atoms with Crippen LogP contribution in [-0.2, 0) is 65.4 Å². The van der Waals surface area contributed by atoms with Crippen LogP contribution in [-0.4, -0.2) is 96.7 Å². The fraction of sp³-hybridized carbons (Fsp3) is 0.783. The van der Waals surface area contributed by atoms with Crippen molar-refractivity contribution in [2.75, 3.05) is 39.6 Å². The van der Waals surface area contributed by atoms with E-state index < -0.39 is 97.5 Å². The summed E-state index contributed by atoms with van der Waals surface area (Å²) >= 11 is 0. The van der Waals surface area contributed by atoms with Crippen LogP contribution in [0.1, 0.15) is 362 Å². The van der Waals surface area contributed by atoms with E-state index in [-0.39, 0.29) is 25.7 Å². The molecule has 0 aliphatic heterocycles. The highest BCUT2D eigenvalue weighted by Gasteiger charge is 2.30. The van der Waals surface area contributed by atoms with Gasteiger partial charge < -0.3 is 33.8 Å². The lowest BCUT2D eigenvalue weighted by Gasteiger charge is -2.21. The van der Waals surface area contributed by atoms with Gasteiger partial charge in [-0.15, -0.1) is 0 Å². The molecular weight excluding hydrogens is 1330 g/mol. The molecule has 0 aromatic rings. The van der Waals surface area contributed by atoms with Gasteiger partial charge in [-0.05, 0) is 116 Å². The lowest BCUT2D eigenvalue weighted by Crippen LogP contribution is -2.30. The van der Waals surface area contributed by atoms with E-state index in [4.69, 9.17) is 37.0 Å². The van der Waals surface area contributed by atoms with E-state index in [1.54, 1.807) is 0 Å². The average molecular weight is 1480 g/mol. The summed E-state index contributed by atoms with van der Waals surface area (Å²) in [5.74, 6) is -2.18. The maximum Gasteiger partial charge on any atom is 0.472 e. The van der Waals surface area contributed by atoms with Crippen molar-refractivity contribution < 1.29 is 80.2 Å². The molecule has 102 heavy (non-hydrogen) atoms. The molecule has 0 aliphatic rings. The van der Waals surface area contributed by atoms with E-state index in [9.17, 15) is 43.2 Å². The molecule has 3 N–H and O–H groups in total. The Kier molecular flexibility index (Phi) is 72.7. The summed E-state index contributed by atoms with van der Waals surface area (Å²) < 4.78 is 68.7. The average Bonchev–Trinajstić information content (AvgIpc) is 0.939. The Hall–Kier alpha value is -3.76. The molecule has 0 aliphatic carbocycles. The van der Waals surface area contributed by atoms with Gasteiger partial charge in [0.1, 0.15) is 19.3 Å². The van der Waals surface area contributed by atoms with Crippen LogP contribution in [0, 0.1) is 0 Å². The Balaban J connectivity index is 5.33. The van der Waals surface area contributed by atoms with Crippen LogP contribution in [0.15, 0.2) is 85.1 Å². The molecule has 17 nitrogen and oxygen atoms in total. The lowest BCUT2D eigenvalue weighted by atomic mass is 10.0. The maximum atomic E-state index is 13.1. The Bertz CT molecular complexity index is 2260. The zero-order valence-electron chi connectivity index (χ0n) is 64.8. The Morgan fingerprint density at radius 3 is 0.794 bits per heavy atom. The van der Waals surface area contributed by atoms with Crippen molar-refractivity contribution >= 4 is 39.5 Å². The van der Waals surface area contributed by atoms with Crippen molar-refractivity contribution in [1.29, 1.82) is 0 Å². The highest BCUT2D eigenvalue weighted by molar-refractivity contribution is 7.47. The first kappa shape index (κ1) is 98.2. The van der Waals surface area contributed by atoms with Gasteiger partial charge in [0, 0.05) is 25.7 Å². The SMILES string of the molecule is CC/C=C\C/C=C\C/C=C\CCCCCCCCCC(=O)OCC(COP(=O)(O)OCC(O)COP(=O)(O)OCC(COC(=O)CCCCCCCCC/C=C\C/C=C\C/C=C\CC)OC(=O)CCCCCCCCCCCCCCC)OC(=O)CCCCCCC/C=C\CCCCCCCC. The molecule has 592 valence electrons. The first-order valence-corrected chi connectivity index (χ1v) is 43.8. The summed E-state index contributed by atoms with van der Waals surface area (Å²) in [4.78, 5) is 73.1. The van der Waals surface area contributed by atoms with E-state index in [0.29, 0.717) is 25.7 Å². The van der Waals surface area contributed by atoms with Crippen molar-refractivity contribution in [3.05, 3.63) is 85.1 Å². The van der Waals surface area contributed by atoms with Gasteiger partial charge in [0.25, 0.3) is 0 Å². The van der Waals surface area contributed by atoms with Crippen LogP contribution in [0.4, 0.5) is 0 Å². The zero-order chi connectivity index (χ0) is 74.6. The van der Waals surface area contributed by atoms with Gasteiger partial charge in [0.05, 0.1) is 26.4 Å². The summed E-state index contributed by atoms with van der Waals surface area (Å²) in [6.07, 6.45) is 78.3. The number of carbonyl (C=O) groups excluding carboxylic acids is 4. The normalized spacial score (nSPS) is 14.3. The van der Waals surface area contributed by atoms with Gasteiger partial charge in [0.2, 0.25) is 0 Å². The summed E-state index contributed by atoms with van der Waals surface area (Å²) in [5.41, 5.74) is 0. The predicted octanol–water partition coefficient (Wildman–Crippen LogP) is 23.8. The third-order valence-electron chi connectivity index (χ3n) is 17.4. The number of aliphatic hydroxyl groups excluding tert-OH is 1. The molecule has 0 aromatic carbocycles. The van der Waals surface area contributed by atoms with Crippen LogP contribution in [0.25, 0.3) is 0 Å². The highest BCUT2D eigenvalue weighted by atomic mass is 31.2. The first-order chi connectivity index (χ1) is 49.7. The molecule has 0 heterocycles. The van der Waals surface area contributed by atoms with E-state index >= 15 is 0 Å². The Labute approximate surface area is 621 Å². The van der Waals surface area contributed by atoms with E-state index in [1.807, 2.05) is 0 Å². The van der Waals surface area contributed by atoms with Crippen LogP contribution < -0.4 is 0 Å². The molecule has 0 radical (unpaired) electrons. The molecule has 0 fully saturated rings. The van der Waals surface area contributed by atoms with E-state index in [0.717, 1.165) is 193 Å². The van der Waals surface area contributed by atoms with Crippen LogP contribution in [0.2, 0.25) is 0 Å². The van der Waals surface area contributed by atoms with Crippen LogP contribution in [0.5, 0.6) is 0 Å². The number of unbranched alkanes of at least 4 members (excludes halogenated alkanes) is 37. The van der Waals surface area contributed by atoms with Crippen molar-refractivity contribution in [3.8, 4) is 0 Å². The monoisotopic (exact) mass is 1480 g/mol. The third kappa shape index (κ3) is 74.5. The molecule has 0 aromatic heterocycles. The fourth-order valence-corrected chi connectivity index (χ4v) is 12.8. The van der Waals surface area contributed by atoms with Crippen LogP contribution >= 0.6 is 15.6 Å². The molecule has 5 unspecified atom stereocenters. The van der Waals surface area contributed by atoms with Gasteiger partial charge in [-0.2, -0.15) is 0 Å². The number of hydrogen-bond acceptors (Lipinski definition) is 15. The number of ether oxygens (including phenoxy) is 4. The molecule has 0 saturated heterocycles. The number of esters is 4. The molecule has 0 bridgehead atoms. The molecule has 0 saturated carbocycles. The Morgan fingerprint density at radius 1 is 0.284 bits per heavy atom. The third-order valence-corrected chi connectivity index (χ3v) is 19.3. The molecule has 19 heteroatoms. The van der Waals surface area contributed by atoms with E-state index in [1.165, 1.54) is 89.9 Å². The van der Waals surface area contributed by atoms with E-state index in [2.05, 4.69) is 113 Å². The van der Waals surface area contributed by atoms with Gasteiger partial charge in [0.15, 0.2) is 12.2 Å². The first-order valence-electron chi connectivity index (χ1n) is 40.8. The minimum absolute atomic E-state index is 0.0851. The minimum atomic E-state index is -4.98. The predicted molar refractivity (Wildman–Crippen MR) is 418 cm³/mol. The second-order valence-corrected chi connectivity index (χ2v) is 30.2. The van der Waals surface area contributed by atoms with Crippen molar-refractivity contribution in [2.45, 2.75) is 380 Å². The van der Waals surface area contributed by atoms with Gasteiger partial charge >= 0.3 is 39.5 Å². The number of aliphatic hydroxyl groups is 1. The lowest BCUT2D eigenvalue weighted by molar-refractivity contribution is -0.161. The minimum Gasteiger partial charge on any atom is -0.462 e. The standard InChI is InChI=1S/C83H148O17P2/c1-5-9-13-17-21-25-29-33-36-38-41-44-47-51-55-59-63-67-80(85)93-73-78(99-82(87)69-65-61-57-53-49-43-32-28-24-20-16-12-8-4)75-97-101(89,90)95-71-77(84)72-96-102(91,92)98-76-79(100-83(88)70-66-62-58-54-50-46-40-35-31-27-23-19-15-11-7-3)74-94-81(86)68-64-60-56-52-48-45-42-39-37-34-30-26-22-18-14-10-6-2/h9-10,13-14,21-22,25-26,33-37,40,77-79,84H,5-8,11-12,15-20,23-24,27-32,38-39,41-76H2,1-4H3,(H,89,90)(H,91,92)/b13-9-,14-10-,25-21-,26-22-,36-33-,37-34-,40-35-. The quantitative estimate of drug-likeness (QED) is 0.0169. The molecule has 0 rings (SSSR count). The smallest absolute Gasteiger partial charge is 0.462 e.